The summed E-state index contributed by atoms with van der Waals surface area (Å²) in [5.74, 6) is -0.683. The van der Waals surface area contributed by atoms with Crippen LogP contribution >= 0.6 is 22.9 Å². The molecule has 3 rings (SSSR count). The van der Waals surface area contributed by atoms with Crippen molar-refractivity contribution in [3.05, 3.63) is 45.6 Å². The Hall–Kier alpha value is -1.79. The Morgan fingerprint density at radius 3 is 2.62 bits per heavy atom. The Morgan fingerprint density at radius 1 is 1.10 bits per heavy atom. The van der Waals surface area contributed by atoms with Crippen LogP contribution in [0.25, 0.3) is 10.2 Å². The highest BCUT2D eigenvalue weighted by molar-refractivity contribution is 7.18. The monoisotopic (exact) mass is 325 g/mol. The first-order valence-corrected chi connectivity index (χ1v) is 7.30. The molecule has 0 saturated heterocycles. The molecule has 3 nitrogen and oxygen atoms in total. The Bertz CT molecular complexity index is 848. The van der Waals surface area contributed by atoms with Gasteiger partial charge in [-0.05, 0) is 43.1 Å². The average Bonchev–Trinajstić information content (AvgIpc) is 2.76. The third-order valence-electron chi connectivity index (χ3n) is 2.99. The van der Waals surface area contributed by atoms with Crippen LogP contribution < -0.4 is 5.32 Å². The molecule has 0 aliphatic rings. The fourth-order valence-electron chi connectivity index (χ4n) is 1.98. The van der Waals surface area contributed by atoms with E-state index in [0.29, 0.717) is 10.6 Å². The molecule has 3 aromatic rings. The van der Waals surface area contributed by atoms with Gasteiger partial charge in [-0.25, -0.2) is 13.8 Å². The van der Waals surface area contributed by atoms with Crippen molar-refractivity contribution >= 4 is 44.7 Å². The van der Waals surface area contributed by atoms with Crippen LogP contribution in [0.3, 0.4) is 0 Å². The zero-order valence-corrected chi connectivity index (χ0v) is 12.7. The molecule has 1 N–H and O–H groups in total. The van der Waals surface area contributed by atoms with E-state index in [1.54, 1.807) is 0 Å². The number of benzene rings is 1. The first kappa shape index (κ1) is 14.2. The summed E-state index contributed by atoms with van der Waals surface area (Å²) in [6.45, 7) is 3.43. The Labute approximate surface area is 128 Å². The molecule has 7 heteroatoms. The lowest BCUT2D eigenvalue weighted by Gasteiger charge is -2.09. The van der Waals surface area contributed by atoms with Gasteiger partial charge >= 0.3 is 0 Å². The summed E-state index contributed by atoms with van der Waals surface area (Å²) in [5.41, 5.74) is 0.258. The maximum absolute atomic E-state index is 13.9. The number of nitrogens with one attached hydrogen (secondary N) is 1. The Morgan fingerprint density at radius 2 is 1.86 bits per heavy atom. The molecule has 0 atom stereocenters. The maximum atomic E-state index is 13.9. The molecule has 0 aliphatic carbocycles. The van der Waals surface area contributed by atoms with Gasteiger partial charge in [0.1, 0.15) is 22.3 Å². The molecule has 21 heavy (non-hydrogen) atoms. The van der Waals surface area contributed by atoms with Gasteiger partial charge in [-0.1, -0.05) is 0 Å². The molecule has 0 unspecified atom stereocenters. The van der Waals surface area contributed by atoms with Crippen molar-refractivity contribution < 1.29 is 8.78 Å². The summed E-state index contributed by atoms with van der Waals surface area (Å²) in [6, 6.07) is 4.11. The summed E-state index contributed by atoms with van der Waals surface area (Å²) in [6.07, 6.45) is 0. The number of fused-ring (bicyclic) bond motifs is 1. The zero-order chi connectivity index (χ0) is 15.1. The van der Waals surface area contributed by atoms with Gasteiger partial charge in [-0.3, -0.25) is 0 Å². The van der Waals surface area contributed by atoms with E-state index >= 15 is 0 Å². The summed E-state index contributed by atoms with van der Waals surface area (Å²) < 4.78 is 27.5. The number of halogens is 3. The molecule has 0 saturated carbocycles. The molecule has 0 spiro atoms. The molecule has 2 heterocycles. The van der Waals surface area contributed by atoms with Crippen molar-refractivity contribution in [2.45, 2.75) is 13.8 Å². The lowest BCUT2D eigenvalue weighted by atomic mass is 10.2. The number of thiophene rings is 1. The van der Waals surface area contributed by atoms with Crippen LogP contribution in [-0.4, -0.2) is 9.97 Å². The van der Waals surface area contributed by atoms with Crippen LogP contribution in [0.15, 0.2) is 18.2 Å². The predicted molar refractivity (Wildman–Crippen MR) is 81.5 cm³/mol. The average molecular weight is 326 g/mol. The topological polar surface area (TPSA) is 37.8 Å². The minimum atomic E-state index is -0.552. The van der Waals surface area contributed by atoms with Gasteiger partial charge < -0.3 is 5.32 Å². The smallest absolute Gasteiger partial charge is 0.225 e. The van der Waals surface area contributed by atoms with Crippen LogP contribution in [0.2, 0.25) is 5.28 Å². The van der Waals surface area contributed by atoms with Crippen LogP contribution in [0.4, 0.5) is 20.3 Å². The molecule has 2 aromatic heterocycles. The second-order valence-corrected chi connectivity index (χ2v) is 6.20. The highest BCUT2D eigenvalue weighted by Crippen LogP contribution is 2.32. The van der Waals surface area contributed by atoms with Gasteiger partial charge in [0.25, 0.3) is 0 Å². The number of anilines is 2. The van der Waals surface area contributed by atoms with E-state index in [2.05, 4.69) is 15.3 Å². The summed E-state index contributed by atoms with van der Waals surface area (Å²) in [5, 5.41) is 3.57. The van der Waals surface area contributed by atoms with Crippen molar-refractivity contribution in [2.24, 2.45) is 0 Å². The number of hydrogen-bond donors (Lipinski definition) is 1. The second kappa shape index (κ2) is 5.20. The lowest BCUT2D eigenvalue weighted by Crippen LogP contribution is -2.00. The Balaban J connectivity index is 2.11. The number of aryl methyl sites for hydroxylation is 2. The van der Waals surface area contributed by atoms with E-state index in [1.165, 1.54) is 18.3 Å². The van der Waals surface area contributed by atoms with E-state index in [9.17, 15) is 8.78 Å². The van der Waals surface area contributed by atoms with Gasteiger partial charge in [0.05, 0.1) is 11.1 Å². The van der Waals surface area contributed by atoms with E-state index < -0.39 is 11.6 Å². The fraction of sp³-hybridized carbons (Fsp3) is 0.143. The first-order valence-electron chi connectivity index (χ1n) is 6.10. The van der Waals surface area contributed by atoms with E-state index in [0.717, 1.165) is 22.4 Å². The fourth-order valence-corrected chi connectivity index (χ4v) is 3.08. The number of aromatic nitrogens is 2. The van der Waals surface area contributed by atoms with Gasteiger partial charge in [0.2, 0.25) is 5.28 Å². The Kier molecular flexibility index (Phi) is 3.51. The summed E-state index contributed by atoms with van der Waals surface area (Å²) >= 11 is 7.33. The van der Waals surface area contributed by atoms with Gasteiger partial charge in [0, 0.05) is 10.9 Å². The molecule has 0 radical (unpaired) electrons. The second-order valence-electron chi connectivity index (χ2n) is 4.62. The molecular weight excluding hydrogens is 316 g/mol. The van der Waals surface area contributed by atoms with E-state index in [1.807, 2.05) is 13.0 Å². The van der Waals surface area contributed by atoms with E-state index in [-0.39, 0.29) is 16.5 Å². The number of hydrogen-bond acceptors (Lipinski definition) is 4. The van der Waals surface area contributed by atoms with Crippen LogP contribution in [0.1, 0.15) is 10.4 Å². The van der Waals surface area contributed by atoms with Crippen molar-refractivity contribution in [1.29, 1.82) is 0 Å². The van der Waals surface area contributed by atoms with Crippen molar-refractivity contribution in [3.8, 4) is 0 Å². The number of nitrogens with zero attached hydrogens (tertiary/aromatic N) is 2. The van der Waals surface area contributed by atoms with Crippen molar-refractivity contribution in [1.82, 2.24) is 9.97 Å². The van der Waals surface area contributed by atoms with E-state index in [4.69, 9.17) is 11.6 Å². The molecule has 0 bridgehead atoms. The molecule has 1 aromatic carbocycles. The molecular formula is C14H10ClF2N3S. The quantitative estimate of drug-likeness (QED) is 0.675. The predicted octanol–water partition coefficient (Wildman–Crippen LogP) is 4.98. The van der Waals surface area contributed by atoms with Gasteiger partial charge in [-0.15, -0.1) is 11.3 Å². The third-order valence-corrected chi connectivity index (χ3v) is 4.10. The number of rotatable bonds is 2. The summed E-state index contributed by atoms with van der Waals surface area (Å²) in [7, 11) is 0. The highest BCUT2D eigenvalue weighted by Gasteiger charge is 2.13. The normalized spacial score (nSPS) is 11.1. The third kappa shape index (κ3) is 2.69. The van der Waals surface area contributed by atoms with Gasteiger partial charge in [-0.2, -0.15) is 4.98 Å². The zero-order valence-electron chi connectivity index (χ0n) is 11.2. The van der Waals surface area contributed by atoms with Crippen LogP contribution in [0, 0.1) is 25.5 Å². The molecule has 0 amide bonds. The largest absolute Gasteiger partial charge is 0.337 e. The van der Waals surface area contributed by atoms with Gasteiger partial charge in [0.15, 0.2) is 0 Å². The lowest BCUT2D eigenvalue weighted by molar-refractivity contribution is 0.595. The standard InChI is InChI=1S/C14H10ClF2N3S/c1-6-3-10(17)11(5-9(6)16)18-12-8-4-7(2)21-13(8)20-14(15)19-12/h3-5H,1-2H3,(H,18,19,20). The molecule has 108 valence electrons. The first-order chi connectivity index (χ1) is 9.94. The SMILES string of the molecule is Cc1cc2c(Nc3cc(F)c(C)cc3F)nc(Cl)nc2s1. The van der Waals surface area contributed by atoms with Crippen LogP contribution in [0.5, 0.6) is 0 Å². The van der Waals surface area contributed by atoms with Crippen LogP contribution in [-0.2, 0) is 0 Å². The molecule has 0 aliphatic heterocycles. The minimum Gasteiger partial charge on any atom is -0.337 e. The van der Waals surface area contributed by atoms with Crippen molar-refractivity contribution in [2.75, 3.05) is 5.32 Å². The summed E-state index contributed by atoms with van der Waals surface area (Å²) in [4.78, 5) is 9.91. The van der Waals surface area contributed by atoms with Crippen molar-refractivity contribution in [3.63, 3.8) is 0 Å². The maximum Gasteiger partial charge on any atom is 0.225 e. The molecule has 0 fully saturated rings. The highest BCUT2D eigenvalue weighted by atomic mass is 35.5. The minimum absolute atomic E-state index is 0.0121.